The number of hydrogen-bond donors (Lipinski definition) is 2. The quantitative estimate of drug-likeness (QED) is 0.342. The predicted molar refractivity (Wildman–Crippen MR) is 152 cm³/mol. The van der Waals surface area contributed by atoms with Crippen molar-refractivity contribution in [2.24, 2.45) is 5.73 Å². The number of carbonyl (C=O) groups excluding carboxylic acids is 2. The van der Waals surface area contributed by atoms with Crippen LogP contribution in [0.2, 0.25) is 0 Å². The smallest absolute Gasteiger partial charge is 0.318 e. The van der Waals surface area contributed by atoms with E-state index < -0.39 is 5.91 Å². The van der Waals surface area contributed by atoms with Crippen LogP contribution in [-0.4, -0.2) is 33.5 Å². The van der Waals surface area contributed by atoms with Crippen molar-refractivity contribution < 1.29 is 9.59 Å². The second-order valence-electron chi connectivity index (χ2n) is 11.6. The number of nitrogens with two attached hydrogens (primary N) is 1. The zero-order valence-electron chi connectivity index (χ0n) is 22.3. The Hall–Kier alpha value is -4.06. The van der Waals surface area contributed by atoms with E-state index in [9.17, 15) is 9.59 Å². The maximum Gasteiger partial charge on any atom is 0.318 e. The van der Waals surface area contributed by atoms with Gasteiger partial charge in [0.25, 0.3) is 5.91 Å². The van der Waals surface area contributed by atoms with Crippen LogP contribution < -0.4 is 11.1 Å². The molecule has 0 saturated heterocycles. The Morgan fingerprint density at radius 1 is 0.868 bits per heavy atom. The molecule has 0 radical (unpaired) electrons. The summed E-state index contributed by atoms with van der Waals surface area (Å²) in [5.74, 6) is -0.0145. The van der Waals surface area contributed by atoms with E-state index in [4.69, 9.17) is 5.73 Å². The number of rotatable bonds is 4. The summed E-state index contributed by atoms with van der Waals surface area (Å²) in [4.78, 5) is 27.7. The van der Waals surface area contributed by atoms with Crippen LogP contribution in [0.1, 0.15) is 61.3 Å². The minimum atomic E-state index is -0.438. The molecule has 1 saturated carbocycles. The largest absolute Gasteiger partial charge is 0.366 e. The van der Waals surface area contributed by atoms with Gasteiger partial charge in [0.1, 0.15) is 0 Å². The molecule has 1 aliphatic carbocycles. The van der Waals surface area contributed by atoms with Gasteiger partial charge in [0.05, 0.1) is 17.8 Å². The summed E-state index contributed by atoms with van der Waals surface area (Å²) >= 11 is 0. The number of urea groups is 1. The van der Waals surface area contributed by atoms with E-state index in [-0.39, 0.29) is 11.6 Å². The molecule has 1 fully saturated rings. The van der Waals surface area contributed by atoms with Gasteiger partial charge in [-0.2, -0.15) is 0 Å². The molecule has 194 valence electrons. The van der Waals surface area contributed by atoms with Gasteiger partial charge >= 0.3 is 6.03 Å². The van der Waals surface area contributed by atoms with Crippen molar-refractivity contribution in [3.63, 3.8) is 0 Å². The maximum atomic E-state index is 13.0. The van der Waals surface area contributed by atoms with Gasteiger partial charge in [-0.15, -0.1) is 0 Å². The molecule has 6 nitrogen and oxygen atoms in total. The Morgan fingerprint density at radius 3 is 2.18 bits per heavy atom. The first-order chi connectivity index (χ1) is 18.2. The molecule has 4 aromatic rings. The molecule has 3 N–H and O–H groups in total. The number of nitrogens with one attached hydrogen (secondary N) is 1. The van der Waals surface area contributed by atoms with Gasteiger partial charge < -0.3 is 20.5 Å². The first-order valence-electron chi connectivity index (χ1n) is 13.4. The number of benzene rings is 3. The SMILES string of the molecule is CC(C)(C)NC(=O)N1CCn2c(c(C(N)=O)c(-c3ccc(-c4ccc5ccccc5c4)cc3)c2C2CC2)C1. The van der Waals surface area contributed by atoms with E-state index in [0.29, 0.717) is 31.1 Å². The van der Waals surface area contributed by atoms with Gasteiger partial charge in [-0.05, 0) is 73.1 Å². The number of hydrogen-bond acceptors (Lipinski definition) is 2. The second-order valence-corrected chi connectivity index (χ2v) is 11.6. The molecule has 6 heteroatoms. The topological polar surface area (TPSA) is 80.4 Å². The molecule has 2 aliphatic rings. The van der Waals surface area contributed by atoms with Crippen LogP contribution in [0, 0.1) is 0 Å². The number of fused-ring (bicyclic) bond motifs is 2. The van der Waals surface area contributed by atoms with E-state index in [1.807, 2.05) is 20.8 Å². The molecule has 0 unspecified atom stereocenters. The number of nitrogens with zero attached hydrogens (tertiary/aromatic N) is 2. The molecule has 6 rings (SSSR count). The molecule has 3 amide bonds. The van der Waals surface area contributed by atoms with Crippen molar-refractivity contribution >= 4 is 22.7 Å². The highest BCUT2D eigenvalue weighted by Gasteiger charge is 2.38. The van der Waals surface area contributed by atoms with Crippen LogP contribution in [0.15, 0.2) is 66.7 Å². The molecule has 38 heavy (non-hydrogen) atoms. The van der Waals surface area contributed by atoms with Crippen LogP contribution >= 0.6 is 0 Å². The van der Waals surface area contributed by atoms with Gasteiger partial charge in [0, 0.05) is 29.9 Å². The maximum absolute atomic E-state index is 13.0. The molecular formula is C32H34N4O2. The number of carbonyl (C=O) groups is 2. The van der Waals surface area contributed by atoms with Gasteiger partial charge in [0.2, 0.25) is 0 Å². The highest BCUT2D eigenvalue weighted by Crippen LogP contribution is 2.48. The minimum Gasteiger partial charge on any atom is -0.366 e. The lowest BCUT2D eigenvalue weighted by Gasteiger charge is -2.33. The second kappa shape index (κ2) is 9.05. The molecule has 0 bridgehead atoms. The third kappa shape index (κ3) is 4.44. The van der Waals surface area contributed by atoms with Crippen LogP contribution in [0.5, 0.6) is 0 Å². The molecule has 3 aromatic carbocycles. The van der Waals surface area contributed by atoms with Gasteiger partial charge in [-0.25, -0.2) is 4.79 Å². The van der Waals surface area contributed by atoms with Gasteiger partial charge in [0.15, 0.2) is 0 Å². The van der Waals surface area contributed by atoms with Crippen molar-refractivity contribution in [3.8, 4) is 22.3 Å². The Bertz CT molecular complexity index is 1560. The normalized spacial score (nSPS) is 15.4. The van der Waals surface area contributed by atoms with E-state index >= 15 is 0 Å². The summed E-state index contributed by atoms with van der Waals surface area (Å²) < 4.78 is 2.27. The summed E-state index contributed by atoms with van der Waals surface area (Å²) in [5, 5.41) is 5.48. The molecule has 2 heterocycles. The average molecular weight is 507 g/mol. The zero-order valence-corrected chi connectivity index (χ0v) is 22.3. The summed E-state index contributed by atoms with van der Waals surface area (Å²) in [6, 6.07) is 23.2. The molecule has 1 aliphatic heterocycles. The average Bonchev–Trinajstić information content (AvgIpc) is 3.67. The van der Waals surface area contributed by atoms with E-state index in [2.05, 4.69) is 76.6 Å². The fourth-order valence-electron chi connectivity index (χ4n) is 5.70. The van der Waals surface area contributed by atoms with Crippen LogP contribution in [-0.2, 0) is 13.1 Å². The Balaban J connectivity index is 1.39. The predicted octanol–water partition coefficient (Wildman–Crippen LogP) is 6.28. The number of aromatic nitrogens is 1. The highest BCUT2D eigenvalue weighted by molar-refractivity contribution is 6.03. The van der Waals surface area contributed by atoms with Gasteiger partial charge in [-0.3, -0.25) is 4.79 Å². The van der Waals surface area contributed by atoms with E-state index in [1.54, 1.807) is 4.90 Å². The lowest BCUT2D eigenvalue weighted by atomic mass is 9.95. The number of primary amides is 1. The van der Waals surface area contributed by atoms with Crippen molar-refractivity contribution in [1.29, 1.82) is 0 Å². The van der Waals surface area contributed by atoms with Gasteiger partial charge in [-0.1, -0.05) is 60.7 Å². The molecule has 0 spiro atoms. The first-order valence-corrected chi connectivity index (χ1v) is 13.4. The van der Waals surface area contributed by atoms with E-state index in [1.165, 1.54) is 16.5 Å². The summed E-state index contributed by atoms with van der Waals surface area (Å²) in [6.45, 7) is 7.54. The fourth-order valence-corrected chi connectivity index (χ4v) is 5.70. The van der Waals surface area contributed by atoms with Crippen LogP contribution in [0.4, 0.5) is 4.79 Å². The summed E-state index contributed by atoms with van der Waals surface area (Å²) in [5.41, 5.74) is 12.5. The van der Waals surface area contributed by atoms with Crippen LogP contribution in [0.25, 0.3) is 33.0 Å². The van der Waals surface area contributed by atoms with Crippen molar-refractivity contribution in [3.05, 3.63) is 83.7 Å². The number of amides is 3. The third-order valence-electron chi connectivity index (χ3n) is 7.58. The minimum absolute atomic E-state index is 0.116. The zero-order chi connectivity index (χ0) is 26.6. The van der Waals surface area contributed by atoms with Crippen molar-refractivity contribution in [2.45, 2.75) is 58.2 Å². The summed E-state index contributed by atoms with van der Waals surface area (Å²) in [7, 11) is 0. The van der Waals surface area contributed by atoms with E-state index in [0.717, 1.165) is 40.8 Å². The highest BCUT2D eigenvalue weighted by atomic mass is 16.2. The standard InChI is InChI=1S/C32H34N4O2/c1-32(2,3)34-31(38)35-16-17-36-26(19-35)28(30(33)37)27(29(36)23-13-14-23)22-11-8-21(9-12-22)25-15-10-20-6-4-5-7-24(20)18-25/h4-12,15,18,23H,13-14,16-17,19H2,1-3H3,(H2,33,37)(H,34,38). The Labute approximate surface area is 223 Å². The lowest BCUT2D eigenvalue weighted by molar-refractivity contribution is 0.0997. The van der Waals surface area contributed by atoms with Crippen molar-refractivity contribution in [2.75, 3.05) is 6.54 Å². The third-order valence-corrected chi connectivity index (χ3v) is 7.58. The summed E-state index contributed by atoms with van der Waals surface area (Å²) in [6.07, 6.45) is 2.22. The monoisotopic (exact) mass is 506 g/mol. The fraction of sp³-hybridized carbons (Fsp3) is 0.312. The molecule has 0 atom stereocenters. The molecule has 1 aromatic heterocycles. The lowest BCUT2D eigenvalue weighted by Crippen LogP contribution is -2.50. The van der Waals surface area contributed by atoms with Crippen LogP contribution in [0.3, 0.4) is 0 Å². The molecular weight excluding hydrogens is 472 g/mol. The van der Waals surface area contributed by atoms with Crippen molar-refractivity contribution in [1.82, 2.24) is 14.8 Å². The Kier molecular flexibility index (Phi) is 5.78. The first kappa shape index (κ1) is 24.3. The Morgan fingerprint density at radius 2 is 1.53 bits per heavy atom.